The summed E-state index contributed by atoms with van der Waals surface area (Å²) in [6.07, 6.45) is 1.44. The number of rotatable bonds is 9. The molecule has 1 unspecified atom stereocenters. The second-order valence-corrected chi connectivity index (χ2v) is 4.61. The standard InChI is InChI=1S/C17H23NO3/c1-3-19-16(20-4-2)13-18-17(15-11-8-12-21-15)14-9-6-5-7-10-14/h5-12,16-18H,3-4,13H2,1-2H3. The third kappa shape index (κ3) is 4.70. The Bertz CT molecular complexity index is 478. The van der Waals surface area contributed by atoms with Crippen molar-refractivity contribution in [2.24, 2.45) is 0 Å². The lowest BCUT2D eigenvalue weighted by Gasteiger charge is -2.22. The maximum absolute atomic E-state index is 5.57. The lowest BCUT2D eigenvalue weighted by molar-refractivity contribution is -0.133. The number of furan rings is 1. The van der Waals surface area contributed by atoms with Crippen molar-refractivity contribution >= 4 is 0 Å². The van der Waals surface area contributed by atoms with E-state index in [1.165, 1.54) is 0 Å². The molecular weight excluding hydrogens is 266 g/mol. The lowest BCUT2D eigenvalue weighted by atomic mass is 10.0. The fourth-order valence-corrected chi connectivity index (χ4v) is 2.24. The second-order valence-electron chi connectivity index (χ2n) is 4.61. The molecule has 4 heteroatoms. The van der Waals surface area contributed by atoms with Crippen molar-refractivity contribution in [3.63, 3.8) is 0 Å². The largest absolute Gasteiger partial charge is 0.467 e. The zero-order valence-corrected chi connectivity index (χ0v) is 12.6. The maximum atomic E-state index is 5.57. The fraction of sp³-hybridized carbons (Fsp3) is 0.412. The highest BCUT2D eigenvalue weighted by atomic mass is 16.7. The van der Waals surface area contributed by atoms with Gasteiger partial charge in [0.15, 0.2) is 6.29 Å². The molecule has 0 fully saturated rings. The van der Waals surface area contributed by atoms with Gasteiger partial charge in [-0.3, -0.25) is 5.32 Å². The van der Waals surface area contributed by atoms with Crippen LogP contribution in [0, 0.1) is 0 Å². The summed E-state index contributed by atoms with van der Waals surface area (Å²) in [7, 11) is 0. The molecule has 2 rings (SSSR count). The first-order valence-electron chi connectivity index (χ1n) is 7.40. The van der Waals surface area contributed by atoms with Gasteiger partial charge in [-0.1, -0.05) is 30.3 Å². The van der Waals surface area contributed by atoms with E-state index in [4.69, 9.17) is 13.9 Å². The van der Waals surface area contributed by atoms with Gasteiger partial charge in [0.05, 0.1) is 12.3 Å². The number of hydrogen-bond acceptors (Lipinski definition) is 4. The van der Waals surface area contributed by atoms with Gasteiger partial charge in [0, 0.05) is 19.8 Å². The van der Waals surface area contributed by atoms with Gasteiger partial charge in [-0.15, -0.1) is 0 Å². The Morgan fingerprint density at radius 3 is 2.29 bits per heavy atom. The van der Waals surface area contributed by atoms with Gasteiger partial charge in [-0.2, -0.15) is 0 Å². The molecule has 114 valence electrons. The van der Waals surface area contributed by atoms with Crippen LogP contribution in [0.15, 0.2) is 53.1 Å². The fourth-order valence-electron chi connectivity index (χ4n) is 2.24. The minimum Gasteiger partial charge on any atom is -0.467 e. The quantitative estimate of drug-likeness (QED) is 0.719. The Morgan fingerprint density at radius 2 is 1.71 bits per heavy atom. The van der Waals surface area contributed by atoms with Crippen molar-refractivity contribution in [2.75, 3.05) is 19.8 Å². The summed E-state index contributed by atoms with van der Waals surface area (Å²) in [4.78, 5) is 0. The molecule has 1 aromatic carbocycles. The highest BCUT2D eigenvalue weighted by molar-refractivity contribution is 5.26. The molecule has 21 heavy (non-hydrogen) atoms. The maximum Gasteiger partial charge on any atom is 0.169 e. The van der Waals surface area contributed by atoms with Crippen LogP contribution in [0.5, 0.6) is 0 Å². The molecule has 0 aliphatic heterocycles. The summed E-state index contributed by atoms with van der Waals surface area (Å²) in [5.74, 6) is 0.882. The first kappa shape index (κ1) is 15.8. The van der Waals surface area contributed by atoms with E-state index in [0.29, 0.717) is 19.8 Å². The van der Waals surface area contributed by atoms with Crippen molar-refractivity contribution in [1.82, 2.24) is 5.32 Å². The van der Waals surface area contributed by atoms with Gasteiger partial charge in [-0.25, -0.2) is 0 Å². The monoisotopic (exact) mass is 289 g/mol. The van der Waals surface area contributed by atoms with Crippen molar-refractivity contribution in [1.29, 1.82) is 0 Å². The summed E-state index contributed by atoms with van der Waals surface area (Å²) in [5.41, 5.74) is 1.15. The highest BCUT2D eigenvalue weighted by Gasteiger charge is 2.18. The van der Waals surface area contributed by atoms with Gasteiger partial charge in [0.1, 0.15) is 5.76 Å². The molecular formula is C17H23NO3. The zero-order chi connectivity index (χ0) is 14.9. The van der Waals surface area contributed by atoms with E-state index >= 15 is 0 Å². The van der Waals surface area contributed by atoms with Crippen LogP contribution in [-0.4, -0.2) is 26.0 Å². The van der Waals surface area contributed by atoms with Crippen LogP contribution < -0.4 is 5.32 Å². The van der Waals surface area contributed by atoms with Crippen LogP contribution in [0.2, 0.25) is 0 Å². The molecule has 0 spiro atoms. The first-order chi connectivity index (χ1) is 10.3. The molecule has 1 N–H and O–H groups in total. The number of benzene rings is 1. The normalized spacial score (nSPS) is 12.7. The summed E-state index contributed by atoms with van der Waals surface area (Å²) >= 11 is 0. The molecule has 2 aromatic rings. The zero-order valence-electron chi connectivity index (χ0n) is 12.6. The van der Waals surface area contributed by atoms with Gasteiger partial charge >= 0.3 is 0 Å². The van der Waals surface area contributed by atoms with Crippen molar-refractivity contribution < 1.29 is 13.9 Å². The molecule has 0 saturated carbocycles. The van der Waals surface area contributed by atoms with Crippen LogP contribution in [0.4, 0.5) is 0 Å². The minimum absolute atomic E-state index is 0.00962. The van der Waals surface area contributed by atoms with E-state index < -0.39 is 0 Å². The predicted octanol–water partition coefficient (Wildman–Crippen LogP) is 3.36. The van der Waals surface area contributed by atoms with Gasteiger partial charge < -0.3 is 13.9 Å². The third-order valence-electron chi connectivity index (χ3n) is 3.15. The van der Waals surface area contributed by atoms with E-state index in [2.05, 4.69) is 17.4 Å². The van der Waals surface area contributed by atoms with Gasteiger partial charge in [-0.05, 0) is 31.5 Å². The molecule has 0 bridgehead atoms. The Labute approximate surface area is 126 Å². The molecule has 4 nitrogen and oxygen atoms in total. The summed E-state index contributed by atoms with van der Waals surface area (Å²) < 4.78 is 16.7. The highest BCUT2D eigenvalue weighted by Crippen LogP contribution is 2.22. The molecule has 0 amide bonds. The minimum atomic E-state index is -0.249. The summed E-state index contributed by atoms with van der Waals surface area (Å²) in [5, 5.41) is 3.46. The second kappa shape index (κ2) is 8.62. The first-order valence-corrected chi connectivity index (χ1v) is 7.40. The van der Waals surface area contributed by atoms with Gasteiger partial charge in [0.25, 0.3) is 0 Å². The van der Waals surface area contributed by atoms with Crippen molar-refractivity contribution in [3.8, 4) is 0 Å². The van der Waals surface area contributed by atoms with E-state index in [1.54, 1.807) is 6.26 Å². The molecule has 0 aliphatic rings. The molecule has 0 radical (unpaired) electrons. The topological polar surface area (TPSA) is 43.6 Å². The third-order valence-corrected chi connectivity index (χ3v) is 3.15. The molecule has 0 saturated heterocycles. The van der Waals surface area contributed by atoms with Crippen molar-refractivity contribution in [2.45, 2.75) is 26.2 Å². The Morgan fingerprint density at radius 1 is 1.00 bits per heavy atom. The van der Waals surface area contributed by atoms with Crippen LogP contribution in [-0.2, 0) is 9.47 Å². The lowest BCUT2D eigenvalue weighted by Crippen LogP contribution is -2.34. The van der Waals surface area contributed by atoms with Crippen LogP contribution in [0.1, 0.15) is 31.2 Å². The van der Waals surface area contributed by atoms with Crippen LogP contribution >= 0.6 is 0 Å². The van der Waals surface area contributed by atoms with Crippen LogP contribution in [0.3, 0.4) is 0 Å². The predicted molar refractivity (Wildman–Crippen MR) is 82.0 cm³/mol. The average Bonchev–Trinajstić information content (AvgIpc) is 3.03. The Hall–Kier alpha value is -1.62. The summed E-state index contributed by atoms with van der Waals surface area (Å²) in [6.45, 7) is 5.79. The van der Waals surface area contributed by atoms with Gasteiger partial charge in [0.2, 0.25) is 0 Å². The smallest absolute Gasteiger partial charge is 0.169 e. The molecule has 1 atom stereocenters. The summed E-state index contributed by atoms with van der Waals surface area (Å²) in [6, 6.07) is 14.1. The number of ether oxygens (including phenoxy) is 2. The molecule has 1 heterocycles. The van der Waals surface area contributed by atoms with Crippen molar-refractivity contribution in [3.05, 3.63) is 60.1 Å². The number of nitrogens with one attached hydrogen (secondary N) is 1. The Balaban J connectivity index is 2.06. The van der Waals surface area contributed by atoms with E-state index in [9.17, 15) is 0 Å². The van der Waals surface area contributed by atoms with E-state index in [0.717, 1.165) is 11.3 Å². The number of hydrogen-bond donors (Lipinski definition) is 1. The SMILES string of the molecule is CCOC(CNC(c1ccccc1)c1ccco1)OCC. The van der Waals surface area contributed by atoms with Crippen LogP contribution in [0.25, 0.3) is 0 Å². The van der Waals surface area contributed by atoms with E-state index in [1.807, 2.05) is 44.2 Å². The average molecular weight is 289 g/mol. The van der Waals surface area contributed by atoms with E-state index in [-0.39, 0.29) is 12.3 Å². The molecule has 1 aromatic heterocycles. The molecule has 0 aliphatic carbocycles. The Kier molecular flexibility index (Phi) is 6.47.